The van der Waals surface area contributed by atoms with Crippen molar-refractivity contribution in [2.24, 2.45) is 5.92 Å². The molecule has 110 valence electrons. The fraction of sp³-hybridized carbons (Fsp3) is 0.529. The number of benzene rings is 1. The number of nitriles is 2. The van der Waals surface area contributed by atoms with Crippen molar-refractivity contribution in [1.29, 1.82) is 10.5 Å². The van der Waals surface area contributed by atoms with Crippen LogP contribution in [0.5, 0.6) is 0 Å². The van der Waals surface area contributed by atoms with Gasteiger partial charge in [-0.15, -0.1) is 0 Å². The maximum atomic E-state index is 9.23. The van der Waals surface area contributed by atoms with Crippen molar-refractivity contribution in [2.75, 3.05) is 13.1 Å². The van der Waals surface area contributed by atoms with Crippen LogP contribution in [0.1, 0.15) is 31.2 Å². The molecule has 0 spiro atoms. The fourth-order valence-corrected chi connectivity index (χ4v) is 3.22. The second-order valence-electron chi connectivity index (χ2n) is 5.61. The molecule has 3 nitrogen and oxygen atoms in total. The second-order valence-corrected chi connectivity index (χ2v) is 6.02. The number of hydrogen-bond donors (Lipinski definition) is 0. The Morgan fingerprint density at radius 3 is 2.86 bits per heavy atom. The molecule has 0 bridgehead atoms. The van der Waals surface area contributed by atoms with Gasteiger partial charge in [0, 0.05) is 24.0 Å². The summed E-state index contributed by atoms with van der Waals surface area (Å²) < 4.78 is 0. The van der Waals surface area contributed by atoms with E-state index in [4.69, 9.17) is 16.9 Å². The first-order valence-corrected chi connectivity index (χ1v) is 7.86. The number of nitrogens with zero attached hydrogens (tertiary/aromatic N) is 3. The highest BCUT2D eigenvalue weighted by molar-refractivity contribution is 6.31. The zero-order chi connectivity index (χ0) is 15.1. The van der Waals surface area contributed by atoms with E-state index in [9.17, 15) is 5.26 Å². The monoisotopic (exact) mass is 301 g/mol. The third-order valence-electron chi connectivity index (χ3n) is 4.15. The van der Waals surface area contributed by atoms with Crippen LogP contribution in [0.25, 0.3) is 0 Å². The molecule has 1 saturated heterocycles. The van der Waals surface area contributed by atoms with Gasteiger partial charge in [0.2, 0.25) is 0 Å². The molecule has 0 unspecified atom stereocenters. The first kappa shape index (κ1) is 15.8. The Morgan fingerprint density at radius 1 is 1.33 bits per heavy atom. The Labute approximate surface area is 131 Å². The van der Waals surface area contributed by atoms with Crippen LogP contribution >= 0.6 is 11.6 Å². The number of likely N-dealkylation sites (tertiary alicyclic amines) is 1. The molecule has 1 aromatic carbocycles. The summed E-state index contributed by atoms with van der Waals surface area (Å²) in [4.78, 5) is 2.40. The van der Waals surface area contributed by atoms with Gasteiger partial charge in [0.1, 0.15) is 0 Å². The minimum Gasteiger partial charge on any atom is -0.299 e. The van der Waals surface area contributed by atoms with Gasteiger partial charge in [-0.25, -0.2) is 0 Å². The van der Waals surface area contributed by atoms with Crippen LogP contribution in [-0.4, -0.2) is 24.0 Å². The molecular weight excluding hydrogens is 282 g/mol. The maximum absolute atomic E-state index is 9.23. The molecular formula is C17H20ClN3. The summed E-state index contributed by atoms with van der Waals surface area (Å²) in [6.07, 6.45) is 4.40. The molecule has 2 rings (SSSR count). The number of halogens is 1. The smallest absolute Gasteiger partial charge is 0.0669 e. The molecule has 1 aliphatic heterocycles. The second kappa shape index (κ2) is 8.03. The molecule has 0 aliphatic carbocycles. The highest BCUT2D eigenvalue weighted by Gasteiger charge is 2.27. The average Bonchev–Trinajstić information content (AvgIpc) is 2.93. The highest BCUT2D eigenvalue weighted by atomic mass is 35.5. The van der Waals surface area contributed by atoms with Gasteiger partial charge in [-0.1, -0.05) is 29.8 Å². The summed E-state index contributed by atoms with van der Waals surface area (Å²) in [6.45, 7) is 1.81. The molecule has 1 aliphatic rings. The maximum Gasteiger partial charge on any atom is 0.0669 e. The van der Waals surface area contributed by atoms with E-state index in [0.29, 0.717) is 18.9 Å². The van der Waals surface area contributed by atoms with Crippen LogP contribution in [-0.2, 0) is 6.42 Å². The Kier molecular flexibility index (Phi) is 6.05. The normalized spacial score (nSPS) is 19.9. The van der Waals surface area contributed by atoms with Crippen molar-refractivity contribution in [3.8, 4) is 12.1 Å². The van der Waals surface area contributed by atoms with E-state index < -0.39 is 0 Å². The predicted octanol–water partition coefficient (Wildman–Crippen LogP) is 3.79. The first-order valence-electron chi connectivity index (χ1n) is 7.48. The molecule has 2 atom stereocenters. The van der Waals surface area contributed by atoms with E-state index in [-0.39, 0.29) is 5.92 Å². The van der Waals surface area contributed by atoms with Gasteiger partial charge in [-0.2, -0.15) is 10.5 Å². The largest absolute Gasteiger partial charge is 0.299 e. The van der Waals surface area contributed by atoms with Crippen molar-refractivity contribution in [3.63, 3.8) is 0 Å². The SMILES string of the molecule is N#CCC[C@@H](C#N)CN1CCC[C@@H]1Cc1ccccc1Cl. The molecule has 0 radical (unpaired) electrons. The molecule has 1 aromatic rings. The third kappa shape index (κ3) is 4.46. The van der Waals surface area contributed by atoms with Gasteiger partial charge < -0.3 is 0 Å². The summed E-state index contributed by atoms with van der Waals surface area (Å²) in [6, 6.07) is 12.9. The average molecular weight is 302 g/mol. The quantitative estimate of drug-likeness (QED) is 0.803. The third-order valence-corrected chi connectivity index (χ3v) is 4.52. The van der Waals surface area contributed by atoms with Crippen LogP contribution in [0.4, 0.5) is 0 Å². The van der Waals surface area contributed by atoms with Gasteiger partial charge in [0.05, 0.1) is 18.1 Å². The van der Waals surface area contributed by atoms with Gasteiger partial charge in [0.25, 0.3) is 0 Å². The molecule has 21 heavy (non-hydrogen) atoms. The standard InChI is InChI=1S/C17H20ClN3/c18-17-8-2-1-6-15(17)11-16-7-4-10-21(16)13-14(12-20)5-3-9-19/h1-2,6,8,14,16H,3-5,7,10-11,13H2/t14-,16+/m0/s1. The topological polar surface area (TPSA) is 50.8 Å². The molecule has 1 fully saturated rings. The Bertz CT molecular complexity index is 544. The molecule has 0 amide bonds. The summed E-state index contributed by atoms with van der Waals surface area (Å²) in [5.74, 6) is -0.0449. The minimum atomic E-state index is -0.0449. The van der Waals surface area contributed by atoms with Gasteiger partial charge >= 0.3 is 0 Å². The zero-order valence-electron chi connectivity index (χ0n) is 12.1. The summed E-state index contributed by atoms with van der Waals surface area (Å²) in [5.41, 5.74) is 1.18. The van der Waals surface area contributed by atoms with Gasteiger partial charge in [0.15, 0.2) is 0 Å². The zero-order valence-corrected chi connectivity index (χ0v) is 12.9. The van der Waals surface area contributed by atoms with Crippen molar-refractivity contribution in [3.05, 3.63) is 34.9 Å². The van der Waals surface area contributed by atoms with Crippen LogP contribution in [0.3, 0.4) is 0 Å². The van der Waals surface area contributed by atoms with Gasteiger partial charge in [-0.3, -0.25) is 4.90 Å². The molecule has 4 heteroatoms. The van der Waals surface area contributed by atoms with Crippen LogP contribution < -0.4 is 0 Å². The molecule has 0 N–H and O–H groups in total. The van der Waals surface area contributed by atoms with E-state index in [1.54, 1.807) is 0 Å². The summed E-state index contributed by atoms with van der Waals surface area (Å²) >= 11 is 6.25. The molecule has 0 aromatic heterocycles. The summed E-state index contributed by atoms with van der Waals surface area (Å²) in [5, 5.41) is 18.7. The lowest BCUT2D eigenvalue weighted by Gasteiger charge is -2.26. The first-order chi connectivity index (χ1) is 10.2. The Morgan fingerprint density at radius 2 is 2.14 bits per heavy atom. The van der Waals surface area contributed by atoms with E-state index >= 15 is 0 Å². The number of rotatable bonds is 6. The lowest BCUT2D eigenvalue weighted by molar-refractivity contribution is 0.227. The summed E-state index contributed by atoms with van der Waals surface area (Å²) in [7, 11) is 0. The van der Waals surface area contributed by atoms with E-state index in [0.717, 1.165) is 31.0 Å². The lowest BCUT2D eigenvalue weighted by Crippen LogP contribution is -2.35. The van der Waals surface area contributed by atoms with E-state index in [1.165, 1.54) is 12.0 Å². The van der Waals surface area contributed by atoms with Crippen LogP contribution in [0.2, 0.25) is 5.02 Å². The predicted molar refractivity (Wildman–Crippen MR) is 83.7 cm³/mol. The number of hydrogen-bond acceptors (Lipinski definition) is 3. The molecule has 1 heterocycles. The van der Waals surface area contributed by atoms with Crippen molar-refractivity contribution in [1.82, 2.24) is 4.90 Å². The minimum absolute atomic E-state index is 0.0449. The lowest BCUT2D eigenvalue weighted by atomic mass is 10.0. The van der Waals surface area contributed by atoms with E-state index in [2.05, 4.69) is 23.1 Å². The Hall–Kier alpha value is -1.55. The van der Waals surface area contributed by atoms with Crippen molar-refractivity contribution in [2.45, 2.75) is 38.1 Å². The molecule has 0 saturated carbocycles. The fourth-order valence-electron chi connectivity index (χ4n) is 3.00. The van der Waals surface area contributed by atoms with Crippen LogP contribution in [0, 0.1) is 28.6 Å². The van der Waals surface area contributed by atoms with E-state index in [1.807, 2.05) is 18.2 Å². The van der Waals surface area contributed by atoms with Crippen molar-refractivity contribution >= 4 is 11.6 Å². The van der Waals surface area contributed by atoms with Crippen LogP contribution in [0.15, 0.2) is 24.3 Å². The highest BCUT2D eigenvalue weighted by Crippen LogP contribution is 2.26. The van der Waals surface area contributed by atoms with Crippen molar-refractivity contribution < 1.29 is 0 Å². The Balaban J connectivity index is 1.96. The van der Waals surface area contributed by atoms with Gasteiger partial charge in [-0.05, 0) is 43.9 Å².